The fourth-order valence-corrected chi connectivity index (χ4v) is 4.95. The third kappa shape index (κ3) is 5.91. The van der Waals surface area contributed by atoms with Gasteiger partial charge in [-0.05, 0) is 56.5 Å². The number of benzene rings is 1. The van der Waals surface area contributed by atoms with Crippen LogP contribution in [0, 0.1) is 29.4 Å². The van der Waals surface area contributed by atoms with E-state index in [0.717, 1.165) is 31.4 Å². The molecule has 1 aliphatic carbocycles. The van der Waals surface area contributed by atoms with Gasteiger partial charge in [0.25, 0.3) is 11.8 Å². The lowest BCUT2D eigenvalue weighted by molar-refractivity contribution is -0.148. The maximum absolute atomic E-state index is 14.3. The van der Waals surface area contributed by atoms with Gasteiger partial charge in [0.05, 0.1) is 26.2 Å². The van der Waals surface area contributed by atoms with E-state index in [-0.39, 0.29) is 12.4 Å². The molecule has 2 atom stereocenters. The molecule has 4 rings (SSSR count). The van der Waals surface area contributed by atoms with E-state index in [1.54, 1.807) is 0 Å². The van der Waals surface area contributed by atoms with Gasteiger partial charge in [0.1, 0.15) is 22.9 Å². The van der Waals surface area contributed by atoms with Crippen molar-refractivity contribution in [1.29, 1.82) is 0 Å². The van der Waals surface area contributed by atoms with Crippen LogP contribution in [-0.4, -0.2) is 67.1 Å². The van der Waals surface area contributed by atoms with Crippen molar-refractivity contribution >= 4 is 5.91 Å². The zero-order valence-electron chi connectivity index (χ0n) is 17.8. The van der Waals surface area contributed by atoms with E-state index in [9.17, 15) is 35.5 Å². The van der Waals surface area contributed by atoms with Gasteiger partial charge in [-0.2, -0.15) is 13.2 Å². The Morgan fingerprint density at radius 3 is 2.24 bits per heavy atom. The van der Waals surface area contributed by atoms with Crippen molar-refractivity contribution in [1.82, 2.24) is 9.80 Å². The minimum absolute atomic E-state index is 0.0897. The van der Waals surface area contributed by atoms with Crippen molar-refractivity contribution in [2.75, 3.05) is 39.3 Å². The molecule has 11 heteroatoms. The molecule has 4 nitrogen and oxygen atoms in total. The molecule has 1 amide bonds. The van der Waals surface area contributed by atoms with Crippen LogP contribution in [0.2, 0.25) is 0 Å². The molecule has 1 saturated carbocycles. The Hall–Kier alpha value is -2.04. The highest BCUT2D eigenvalue weighted by Gasteiger charge is 2.47. The predicted octanol–water partition coefficient (Wildman–Crippen LogP) is 4.74. The van der Waals surface area contributed by atoms with Crippen LogP contribution in [0.15, 0.2) is 12.1 Å². The normalized spacial score (nSPS) is 25.6. The van der Waals surface area contributed by atoms with Gasteiger partial charge in [-0.15, -0.1) is 0 Å². The zero-order valence-corrected chi connectivity index (χ0v) is 17.8. The molecule has 2 heterocycles. The van der Waals surface area contributed by atoms with Crippen molar-refractivity contribution in [3.05, 3.63) is 29.3 Å². The molecule has 0 unspecified atom stereocenters. The van der Waals surface area contributed by atoms with Crippen LogP contribution >= 0.6 is 0 Å². The number of nitrogens with zero attached hydrogens (tertiary/aromatic N) is 2. The van der Waals surface area contributed by atoms with Crippen molar-refractivity contribution in [2.45, 2.75) is 37.8 Å². The summed E-state index contributed by atoms with van der Waals surface area (Å²) in [5.41, 5.74) is -0.878. The van der Waals surface area contributed by atoms with E-state index in [2.05, 4.69) is 0 Å². The summed E-state index contributed by atoms with van der Waals surface area (Å²) in [5.74, 6) is -5.39. The molecule has 0 bridgehead atoms. The lowest BCUT2D eigenvalue weighted by Gasteiger charge is -2.38. The smallest absolute Gasteiger partial charge is 0.401 e. The molecular formula is C22H25F7N2O2. The van der Waals surface area contributed by atoms with Gasteiger partial charge >= 0.3 is 6.18 Å². The maximum Gasteiger partial charge on any atom is 0.401 e. The molecule has 2 saturated heterocycles. The van der Waals surface area contributed by atoms with Crippen molar-refractivity contribution in [3.8, 4) is 5.75 Å². The summed E-state index contributed by atoms with van der Waals surface area (Å²) < 4.78 is 97.3. The molecule has 184 valence electrons. The summed E-state index contributed by atoms with van der Waals surface area (Å²) >= 11 is 0. The predicted molar refractivity (Wildman–Crippen MR) is 104 cm³/mol. The van der Waals surface area contributed by atoms with Crippen LogP contribution in [0.25, 0.3) is 0 Å². The Bertz CT molecular complexity index is 853. The highest BCUT2D eigenvalue weighted by Crippen LogP contribution is 2.49. The molecule has 3 fully saturated rings. The number of likely N-dealkylation sites (tertiary alicyclic amines) is 2. The fraction of sp³-hybridized carbons (Fsp3) is 0.682. The van der Waals surface area contributed by atoms with E-state index < -0.39 is 54.8 Å². The number of hydrogen-bond acceptors (Lipinski definition) is 3. The molecule has 0 N–H and O–H groups in total. The molecular weight excluding hydrogens is 457 g/mol. The standard InChI is InChI=1S/C22H25F7N2O2/c23-17-8-15(9-18(24)19(17)20(32)31-10-21(25,26)11-31)33-6-3-14-7-16(14)13-1-4-30(5-2-13)12-22(27,28)29/h8-9,13-14,16H,1-7,10-12H2/t14-,16-/m1/s1. The van der Waals surface area contributed by atoms with Crippen molar-refractivity contribution in [2.24, 2.45) is 17.8 Å². The molecule has 1 aromatic carbocycles. The van der Waals surface area contributed by atoms with Crippen LogP contribution in [-0.2, 0) is 0 Å². The minimum atomic E-state index is -4.18. The quantitative estimate of drug-likeness (QED) is 0.527. The van der Waals surface area contributed by atoms with Gasteiger partial charge in [0, 0.05) is 12.1 Å². The topological polar surface area (TPSA) is 32.8 Å². The monoisotopic (exact) mass is 482 g/mol. The first-order valence-electron chi connectivity index (χ1n) is 11.0. The van der Waals surface area contributed by atoms with Crippen LogP contribution in [0.3, 0.4) is 0 Å². The van der Waals surface area contributed by atoms with Crippen LogP contribution < -0.4 is 4.74 Å². The van der Waals surface area contributed by atoms with Gasteiger partial charge in [0.15, 0.2) is 0 Å². The maximum atomic E-state index is 14.3. The highest BCUT2D eigenvalue weighted by atomic mass is 19.4. The zero-order chi connectivity index (χ0) is 24.0. The summed E-state index contributed by atoms with van der Waals surface area (Å²) in [7, 11) is 0. The summed E-state index contributed by atoms with van der Waals surface area (Å²) in [6.45, 7) is -1.53. The Balaban J connectivity index is 1.21. The Kier molecular flexibility index (Phi) is 6.54. The number of hydrogen-bond donors (Lipinski definition) is 0. The van der Waals surface area contributed by atoms with E-state index >= 15 is 0 Å². The molecule has 0 aromatic heterocycles. The molecule has 0 spiro atoms. The van der Waals surface area contributed by atoms with E-state index in [4.69, 9.17) is 4.74 Å². The second-order valence-electron chi connectivity index (χ2n) is 9.30. The van der Waals surface area contributed by atoms with Gasteiger partial charge in [-0.25, -0.2) is 17.6 Å². The average molecular weight is 482 g/mol. The second-order valence-corrected chi connectivity index (χ2v) is 9.30. The molecule has 1 aromatic rings. The summed E-state index contributed by atoms with van der Waals surface area (Å²) in [5, 5.41) is 0. The third-order valence-electron chi connectivity index (χ3n) is 6.74. The number of ether oxygens (including phenoxy) is 1. The number of carbonyl (C=O) groups is 1. The number of carbonyl (C=O) groups excluding carboxylic acids is 1. The lowest BCUT2D eigenvalue weighted by Crippen LogP contribution is -2.58. The number of rotatable bonds is 7. The Morgan fingerprint density at radius 2 is 1.70 bits per heavy atom. The Morgan fingerprint density at radius 1 is 1.09 bits per heavy atom. The molecule has 3 aliphatic rings. The number of amides is 1. The minimum Gasteiger partial charge on any atom is -0.493 e. The van der Waals surface area contributed by atoms with E-state index in [1.807, 2.05) is 0 Å². The van der Waals surface area contributed by atoms with Gasteiger partial charge < -0.3 is 9.64 Å². The first-order chi connectivity index (χ1) is 15.4. The van der Waals surface area contributed by atoms with Gasteiger partial charge in [-0.1, -0.05) is 0 Å². The fourth-order valence-electron chi connectivity index (χ4n) is 4.95. The third-order valence-corrected chi connectivity index (χ3v) is 6.74. The van der Waals surface area contributed by atoms with Gasteiger partial charge in [-0.3, -0.25) is 9.69 Å². The van der Waals surface area contributed by atoms with Crippen LogP contribution in [0.1, 0.15) is 36.0 Å². The second kappa shape index (κ2) is 8.96. The molecule has 2 aliphatic heterocycles. The average Bonchev–Trinajstić information content (AvgIpc) is 3.44. The Labute approximate surface area is 186 Å². The largest absolute Gasteiger partial charge is 0.493 e. The highest BCUT2D eigenvalue weighted by molar-refractivity contribution is 5.95. The van der Waals surface area contributed by atoms with E-state index in [0.29, 0.717) is 42.2 Å². The van der Waals surface area contributed by atoms with Crippen LogP contribution in [0.4, 0.5) is 30.7 Å². The van der Waals surface area contributed by atoms with E-state index in [1.165, 1.54) is 4.90 Å². The van der Waals surface area contributed by atoms with Crippen LogP contribution in [0.5, 0.6) is 5.75 Å². The number of piperidine rings is 1. The molecule has 33 heavy (non-hydrogen) atoms. The first-order valence-corrected chi connectivity index (χ1v) is 11.0. The van der Waals surface area contributed by atoms with Crippen molar-refractivity contribution < 1.29 is 40.3 Å². The van der Waals surface area contributed by atoms with Gasteiger partial charge in [0.2, 0.25) is 0 Å². The summed E-state index contributed by atoms with van der Waals surface area (Å²) in [6, 6.07) is 1.74. The molecule has 0 radical (unpaired) electrons. The lowest BCUT2D eigenvalue weighted by atomic mass is 9.90. The first kappa shape index (κ1) is 24.1. The number of halogens is 7. The summed E-state index contributed by atoms with van der Waals surface area (Å²) in [4.78, 5) is 14.2. The summed E-state index contributed by atoms with van der Waals surface area (Å²) in [6.07, 6.45) is -1.11. The van der Waals surface area contributed by atoms with Crippen molar-refractivity contribution in [3.63, 3.8) is 0 Å². The SMILES string of the molecule is O=C(c1c(F)cc(OCC[C@@H]2C[C@@H]2C2CCN(CC(F)(F)F)CC2)cc1F)N1CC(F)(F)C1. The number of alkyl halides is 5.